The van der Waals surface area contributed by atoms with Gasteiger partial charge in [-0.3, -0.25) is 4.84 Å². The summed E-state index contributed by atoms with van der Waals surface area (Å²) in [4.78, 5) is 13.9. The Kier molecular flexibility index (Phi) is 8.36. The fraction of sp³-hybridized carbons (Fsp3) is 0.556. The molecular weight excluding hydrogens is 398 g/mol. The van der Waals surface area contributed by atoms with Crippen molar-refractivity contribution >= 4 is 28.9 Å². The molecule has 0 fully saturated rings. The monoisotopic (exact) mass is 427 g/mol. The van der Waals surface area contributed by atoms with Gasteiger partial charge in [0, 0.05) is 0 Å². The van der Waals surface area contributed by atoms with Crippen LogP contribution in [0.3, 0.4) is 0 Å². The molecule has 0 saturated heterocycles. The van der Waals surface area contributed by atoms with E-state index in [9.17, 15) is 0 Å². The van der Waals surface area contributed by atoms with E-state index in [0.29, 0.717) is 6.61 Å². The molecule has 0 bridgehead atoms. The second-order valence-corrected chi connectivity index (χ2v) is 6.65. The summed E-state index contributed by atoms with van der Waals surface area (Å²) in [5, 5.41) is 1.51. The maximum Gasteiger partial charge on any atom is 0.226 e. The van der Waals surface area contributed by atoms with Crippen LogP contribution in [0.15, 0.2) is 34.3 Å². The Labute approximate surface area is 166 Å². The summed E-state index contributed by atoms with van der Waals surface area (Å²) in [5.74, 6) is 1.30. The van der Waals surface area contributed by atoms with Crippen molar-refractivity contribution in [2.45, 2.75) is 58.7 Å². The van der Waals surface area contributed by atoms with Crippen LogP contribution in [0.1, 0.15) is 46.1 Å². The first-order valence-electron chi connectivity index (χ1n) is 8.70. The summed E-state index contributed by atoms with van der Waals surface area (Å²) < 4.78 is 5.79. The Morgan fingerprint density at radius 2 is 1.85 bits per heavy atom. The maximum atomic E-state index is 5.88. The lowest BCUT2D eigenvalue weighted by molar-refractivity contribution is -0.157. The van der Waals surface area contributed by atoms with Crippen molar-refractivity contribution in [1.29, 1.82) is 0 Å². The van der Waals surface area contributed by atoms with E-state index in [1.165, 1.54) is 10.6 Å². The van der Waals surface area contributed by atoms with Crippen molar-refractivity contribution in [2.24, 2.45) is 21.5 Å². The van der Waals surface area contributed by atoms with Crippen molar-refractivity contribution in [3.05, 3.63) is 29.8 Å². The van der Waals surface area contributed by atoms with Gasteiger partial charge in [-0.15, -0.1) is 17.0 Å². The summed E-state index contributed by atoms with van der Waals surface area (Å²) >= 11 is 0. The van der Waals surface area contributed by atoms with Crippen LogP contribution in [0.5, 0.6) is 5.75 Å². The molecule has 1 aromatic rings. The van der Waals surface area contributed by atoms with E-state index in [1.54, 1.807) is 0 Å². The lowest BCUT2D eigenvalue weighted by Gasteiger charge is -2.36. The number of hydrogen-bond donors (Lipinski definition) is 2. The molecule has 0 spiro atoms. The summed E-state index contributed by atoms with van der Waals surface area (Å²) in [6.07, 6.45) is 2.98. The molecular formula is C18H30BrN5O2. The van der Waals surface area contributed by atoms with E-state index in [2.05, 4.69) is 36.0 Å². The second kappa shape index (κ2) is 9.78. The Hall–Kier alpha value is -1.80. The highest BCUT2D eigenvalue weighted by atomic mass is 79.9. The number of aliphatic imine (C=N–C) groups is 2. The zero-order valence-electron chi connectivity index (χ0n) is 15.9. The lowest BCUT2D eigenvalue weighted by Crippen LogP contribution is -2.53. The topological polar surface area (TPSA) is 98.5 Å². The van der Waals surface area contributed by atoms with Gasteiger partial charge in [0.25, 0.3) is 0 Å². The average molecular weight is 428 g/mol. The highest BCUT2D eigenvalue weighted by Gasteiger charge is 2.32. The molecule has 2 rings (SSSR count). The van der Waals surface area contributed by atoms with Gasteiger partial charge in [0.1, 0.15) is 5.75 Å². The molecule has 0 radical (unpaired) electrons. The maximum absolute atomic E-state index is 5.88. The Morgan fingerprint density at radius 3 is 2.42 bits per heavy atom. The molecule has 1 aliphatic rings. The van der Waals surface area contributed by atoms with Crippen LogP contribution < -0.4 is 16.2 Å². The fourth-order valence-electron chi connectivity index (χ4n) is 2.50. The third-order valence-corrected chi connectivity index (χ3v) is 3.99. The summed E-state index contributed by atoms with van der Waals surface area (Å²) in [6.45, 7) is 8.44. The fourth-order valence-corrected chi connectivity index (χ4v) is 2.50. The van der Waals surface area contributed by atoms with Gasteiger partial charge < -0.3 is 16.2 Å². The molecule has 1 aliphatic heterocycles. The highest BCUT2D eigenvalue weighted by Crippen LogP contribution is 2.20. The smallest absolute Gasteiger partial charge is 0.226 e. The average Bonchev–Trinajstić information content (AvgIpc) is 2.54. The van der Waals surface area contributed by atoms with Crippen molar-refractivity contribution in [3.63, 3.8) is 0 Å². The quantitative estimate of drug-likeness (QED) is 0.621. The van der Waals surface area contributed by atoms with Crippen molar-refractivity contribution in [3.8, 4) is 5.75 Å². The van der Waals surface area contributed by atoms with E-state index in [-0.39, 0.29) is 35.0 Å². The molecule has 0 amide bonds. The van der Waals surface area contributed by atoms with Gasteiger partial charge in [-0.25, -0.2) is 4.99 Å². The zero-order valence-corrected chi connectivity index (χ0v) is 17.6. The van der Waals surface area contributed by atoms with Crippen molar-refractivity contribution < 1.29 is 9.57 Å². The molecule has 0 saturated carbocycles. The Balaban J connectivity index is 0.00000338. The number of guanidine groups is 2. The standard InChI is InChI=1S/C18H29N5O2.BrH/c1-5-13(2)25-15-10-8-14(9-11-15)7-6-12-24-23-17(20)21-16(19)22-18(23,3)4;/h8-11,13H,5-7,12H2,1-4H3,(H4,19,20,21,22);1H. The molecule has 0 aromatic heterocycles. The minimum absolute atomic E-state index is 0. The number of nitrogens with zero attached hydrogens (tertiary/aromatic N) is 3. The van der Waals surface area contributed by atoms with Gasteiger partial charge >= 0.3 is 0 Å². The predicted molar refractivity (Wildman–Crippen MR) is 111 cm³/mol. The van der Waals surface area contributed by atoms with Gasteiger partial charge in [-0.1, -0.05) is 19.1 Å². The van der Waals surface area contributed by atoms with Crippen LogP contribution in [0, 0.1) is 0 Å². The third-order valence-electron chi connectivity index (χ3n) is 3.99. The summed E-state index contributed by atoms with van der Waals surface area (Å²) in [6, 6.07) is 8.20. The van der Waals surface area contributed by atoms with Crippen LogP contribution in [-0.2, 0) is 11.3 Å². The first-order valence-corrected chi connectivity index (χ1v) is 8.70. The molecule has 1 unspecified atom stereocenters. The Morgan fingerprint density at radius 1 is 1.19 bits per heavy atom. The van der Waals surface area contributed by atoms with E-state index in [0.717, 1.165) is 25.0 Å². The molecule has 4 N–H and O–H groups in total. The molecule has 7 nitrogen and oxygen atoms in total. The second-order valence-electron chi connectivity index (χ2n) is 6.65. The summed E-state index contributed by atoms with van der Waals surface area (Å²) in [5.41, 5.74) is 12.1. The highest BCUT2D eigenvalue weighted by molar-refractivity contribution is 8.93. The van der Waals surface area contributed by atoms with E-state index < -0.39 is 5.66 Å². The number of benzene rings is 1. The third kappa shape index (κ3) is 6.17. The van der Waals surface area contributed by atoms with E-state index in [1.807, 2.05) is 26.0 Å². The number of aryl methyl sites for hydroxylation is 1. The summed E-state index contributed by atoms with van der Waals surface area (Å²) in [7, 11) is 0. The minimum atomic E-state index is -0.662. The number of nitrogens with two attached hydrogens (primary N) is 2. The van der Waals surface area contributed by atoms with Crippen LogP contribution in [0.2, 0.25) is 0 Å². The lowest BCUT2D eigenvalue weighted by atomic mass is 10.1. The van der Waals surface area contributed by atoms with Crippen LogP contribution in [0.25, 0.3) is 0 Å². The number of ether oxygens (including phenoxy) is 1. The van der Waals surface area contributed by atoms with Crippen LogP contribution >= 0.6 is 17.0 Å². The minimum Gasteiger partial charge on any atom is -0.491 e. The van der Waals surface area contributed by atoms with E-state index in [4.69, 9.17) is 21.0 Å². The molecule has 0 aliphatic carbocycles. The van der Waals surface area contributed by atoms with Crippen molar-refractivity contribution in [2.75, 3.05) is 6.61 Å². The molecule has 26 heavy (non-hydrogen) atoms. The van der Waals surface area contributed by atoms with Crippen LogP contribution in [-0.4, -0.2) is 35.4 Å². The Bertz CT molecular complexity index is 631. The first-order chi connectivity index (χ1) is 11.8. The predicted octanol–water partition coefficient (Wildman–Crippen LogP) is 2.99. The first kappa shape index (κ1) is 22.2. The number of hydrogen-bond acceptors (Lipinski definition) is 7. The van der Waals surface area contributed by atoms with Crippen LogP contribution in [0.4, 0.5) is 0 Å². The molecule has 1 heterocycles. The van der Waals surface area contributed by atoms with Gasteiger partial charge in [-0.05, 0) is 57.7 Å². The van der Waals surface area contributed by atoms with Gasteiger partial charge in [-0.2, -0.15) is 10.1 Å². The molecule has 1 aromatic carbocycles. The van der Waals surface area contributed by atoms with Gasteiger partial charge in [0.15, 0.2) is 5.66 Å². The van der Waals surface area contributed by atoms with Crippen molar-refractivity contribution in [1.82, 2.24) is 5.06 Å². The normalized spacial score (nSPS) is 17.0. The number of halogens is 1. The van der Waals surface area contributed by atoms with E-state index >= 15 is 0 Å². The van der Waals surface area contributed by atoms with Gasteiger partial charge in [0.2, 0.25) is 11.9 Å². The molecule has 146 valence electrons. The number of rotatable bonds is 8. The molecule has 1 atom stereocenters. The largest absolute Gasteiger partial charge is 0.491 e. The SMILES string of the molecule is Br.CCC(C)Oc1ccc(CCCON2C(N)=NC(N)=NC2(C)C)cc1. The zero-order chi connectivity index (χ0) is 18.4. The molecule has 8 heteroatoms. The number of hydroxylamine groups is 2. The van der Waals surface area contributed by atoms with Gasteiger partial charge in [0.05, 0.1) is 12.7 Å².